The third kappa shape index (κ3) is 3.17. The van der Waals surface area contributed by atoms with E-state index in [-0.39, 0.29) is 12.1 Å². The van der Waals surface area contributed by atoms with Gasteiger partial charge < -0.3 is 0 Å². The molecular formula is C10H4F6N2O2. The average molecular weight is 298 g/mol. The predicted molar refractivity (Wildman–Crippen MR) is 52.4 cm³/mol. The minimum Gasteiger partial charge on any atom is -0.258 e. The molecule has 0 bridgehead atoms. The lowest BCUT2D eigenvalue weighted by atomic mass is 9.99. The maximum atomic E-state index is 12.6. The molecule has 0 aliphatic carbocycles. The summed E-state index contributed by atoms with van der Waals surface area (Å²) in [5.74, 6) is 0. The molecule has 0 atom stereocenters. The van der Waals surface area contributed by atoms with Gasteiger partial charge in [-0.3, -0.25) is 10.1 Å². The third-order valence-corrected chi connectivity index (χ3v) is 2.30. The first kappa shape index (κ1) is 15.7. The molecule has 0 N–H and O–H groups in total. The third-order valence-electron chi connectivity index (χ3n) is 2.30. The van der Waals surface area contributed by atoms with E-state index in [1.165, 1.54) is 6.07 Å². The van der Waals surface area contributed by atoms with Crippen LogP contribution < -0.4 is 0 Å². The van der Waals surface area contributed by atoms with E-state index in [4.69, 9.17) is 5.26 Å². The van der Waals surface area contributed by atoms with Gasteiger partial charge in [-0.25, -0.2) is 0 Å². The van der Waals surface area contributed by atoms with E-state index in [1.807, 2.05) is 0 Å². The summed E-state index contributed by atoms with van der Waals surface area (Å²) in [6, 6.07) is 1.08. The Morgan fingerprint density at radius 2 is 1.60 bits per heavy atom. The minimum absolute atomic E-state index is 0.00975. The summed E-state index contributed by atoms with van der Waals surface area (Å²) < 4.78 is 75.7. The summed E-state index contributed by atoms with van der Waals surface area (Å²) in [6.45, 7) is 0. The molecule has 0 unspecified atom stereocenters. The predicted octanol–water partition coefficient (Wildman–Crippen LogP) is 3.70. The highest BCUT2D eigenvalue weighted by Crippen LogP contribution is 2.41. The molecule has 10 heteroatoms. The summed E-state index contributed by atoms with van der Waals surface area (Å²) in [5.41, 5.74) is -6.11. The first-order valence-electron chi connectivity index (χ1n) is 4.81. The number of benzene rings is 1. The van der Waals surface area contributed by atoms with Crippen molar-refractivity contribution >= 4 is 5.69 Å². The lowest BCUT2D eigenvalue weighted by Crippen LogP contribution is -2.15. The van der Waals surface area contributed by atoms with Gasteiger partial charge in [-0.15, -0.1) is 0 Å². The number of alkyl halides is 6. The Balaban J connectivity index is 3.70. The van der Waals surface area contributed by atoms with Crippen molar-refractivity contribution in [1.29, 1.82) is 5.26 Å². The van der Waals surface area contributed by atoms with Crippen LogP contribution >= 0.6 is 0 Å². The van der Waals surface area contributed by atoms with Gasteiger partial charge in [0.2, 0.25) is 0 Å². The average Bonchev–Trinajstić information content (AvgIpc) is 2.25. The number of hydrogen-bond donors (Lipinski definition) is 0. The number of hydrogen-bond acceptors (Lipinski definition) is 3. The number of rotatable bonds is 2. The van der Waals surface area contributed by atoms with Gasteiger partial charge in [-0.05, 0) is 11.6 Å². The maximum absolute atomic E-state index is 12.6. The molecule has 0 amide bonds. The summed E-state index contributed by atoms with van der Waals surface area (Å²) in [6.07, 6.45) is -11.2. The van der Waals surface area contributed by atoms with Gasteiger partial charge in [0.05, 0.1) is 23.0 Å². The van der Waals surface area contributed by atoms with Gasteiger partial charge in [-0.2, -0.15) is 31.6 Å². The highest BCUT2D eigenvalue weighted by atomic mass is 19.4. The minimum atomic E-state index is -5.20. The van der Waals surface area contributed by atoms with Crippen LogP contribution in [0.1, 0.15) is 16.7 Å². The van der Waals surface area contributed by atoms with Gasteiger partial charge in [0, 0.05) is 6.07 Å². The van der Waals surface area contributed by atoms with Crippen LogP contribution in [0.5, 0.6) is 0 Å². The van der Waals surface area contributed by atoms with Crippen molar-refractivity contribution in [2.75, 3.05) is 0 Å². The molecular weight excluding hydrogens is 294 g/mol. The molecule has 108 valence electrons. The van der Waals surface area contributed by atoms with E-state index < -0.39 is 46.1 Å². The zero-order valence-corrected chi connectivity index (χ0v) is 9.34. The van der Waals surface area contributed by atoms with E-state index in [0.717, 1.165) is 0 Å². The van der Waals surface area contributed by atoms with Crippen LogP contribution in [0.3, 0.4) is 0 Å². The Morgan fingerprint density at radius 3 is 1.95 bits per heavy atom. The Hall–Kier alpha value is -2.31. The van der Waals surface area contributed by atoms with Crippen LogP contribution in [0.2, 0.25) is 0 Å². The SMILES string of the molecule is N#CCc1cc(C(F)(F)F)c([N+](=O)[O-])cc1C(F)(F)F. The molecule has 0 heterocycles. The fourth-order valence-corrected chi connectivity index (χ4v) is 1.51. The molecule has 0 spiro atoms. The van der Waals surface area contributed by atoms with E-state index in [2.05, 4.69) is 0 Å². The molecule has 4 nitrogen and oxygen atoms in total. The second-order valence-electron chi connectivity index (χ2n) is 3.61. The Labute approximate surface area is 107 Å². The second-order valence-corrected chi connectivity index (χ2v) is 3.61. The lowest BCUT2D eigenvalue weighted by Gasteiger charge is -2.14. The number of nitro benzene ring substituents is 1. The molecule has 0 fully saturated rings. The Bertz CT molecular complexity index is 585. The molecule has 1 aromatic carbocycles. The Kier molecular flexibility index (Phi) is 3.93. The standard InChI is InChI=1S/C10H4F6N2O2/c11-9(12,13)6-4-8(18(19)20)7(10(14,15)16)3-5(6)1-2-17/h3-4H,1H2. The molecule has 1 aromatic rings. The van der Waals surface area contributed by atoms with Gasteiger partial charge in [0.25, 0.3) is 5.69 Å². The van der Waals surface area contributed by atoms with Crippen molar-refractivity contribution in [1.82, 2.24) is 0 Å². The fraction of sp³-hybridized carbons (Fsp3) is 0.300. The zero-order chi connectivity index (χ0) is 15.7. The maximum Gasteiger partial charge on any atom is 0.423 e. The second kappa shape index (κ2) is 4.99. The smallest absolute Gasteiger partial charge is 0.258 e. The van der Waals surface area contributed by atoms with Crippen molar-refractivity contribution in [3.63, 3.8) is 0 Å². The highest BCUT2D eigenvalue weighted by Gasteiger charge is 2.43. The van der Waals surface area contributed by atoms with Gasteiger partial charge in [-0.1, -0.05) is 0 Å². The molecule has 1 rings (SSSR count). The quantitative estimate of drug-likeness (QED) is 0.475. The van der Waals surface area contributed by atoms with Crippen LogP contribution in [0.15, 0.2) is 12.1 Å². The van der Waals surface area contributed by atoms with Crippen molar-refractivity contribution in [2.24, 2.45) is 0 Å². The summed E-state index contributed by atoms with van der Waals surface area (Å²) in [4.78, 5) is 8.94. The topological polar surface area (TPSA) is 66.9 Å². The Morgan fingerprint density at radius 1 is 1.10 bits per heavy atom. The molecule has 0 aliphatic rings. The van der Waals surface area contributed by atoms with Crippen LogP contribution in [0.25, 0.3) is 0 Å². The van der Waals surface area contributed by atoms with Crippen molar-refractivity contribution in [3.05, 3.63) is 38.9 Å². The molecule has 0 radical (unpaired) electrons. The number of nitriles is 1. The first-order valence-corrected chi connectivity index (χ1v) is 4.81. The summed E-state index contributed by atoms with van der Waals surface area (Å²) in [7, 11) is 0. The number of nitro groups is 1. The van der Waals surface area contributed by atoms with Crippen LogP contribution in [-0.4, -0.2) is 4.92 Å². The van der Waals surface area contributed by atoms with E-state index in [9.17, 15) is 36.5 Å². The number of nitrogens with zero attached hydrogens (tertiary/aromatic N) is 2. The summed E-state index contributed by atoms with van der Waals surface area (Å²) >= 11 is 0. The molecule has 0 aliphatic heterocycles. The van der Waals surface area contributed by atoms with Crippen molar-refractivity contribution in [2.45, 2.75) is 18.8 Å². The molecule has 0 saturated carbocycles. The molecule has 0 aromatic heterocycles. The normalized spacial score (nSPS) is 12.1. The largest absolute Gasteiger partial charge is 0.423 e. The van der Waals surface area contributed by atoms with E-state index in [1.54, 1.807) is 0 Å². The monoisotopic (exact) mass is 298 g/mol. The van der Waals surface area contributed by atoms with Gasteiger partial charge >= 0.3 is 12.4 Å². The van der Waals surface area contributed by atoms with E-state index in [0.29, 0.717) is 0 Å². The van der Waals surface area contributed by atoms with Gasteiger partial charge in [0.15, 0.2) is 0 Å². The van der Waals surface area contributed by atoms with E-state index >= 15 is 0 Å². The van der Waals surface area contributed by atoms with Crippen LogP contribution in [-0.2, 0) is 18.8 Å². The van der Waals surface area contributed by atoms with Crippen LogP contribution in [0, 0.1) is 21.4 Å². The lowest BCUT2D eigenvalue weighted by molar-refractivity contribution is -0.388. The zero-order valence-electron chi connectivity index (χ0n) is 9.34. The molecule has 20 heavy (non-hydrogen) atoms. The molecule has 0 saturated heterocycles. The van der Waals surface area contributed by atoms with Crippen molar-refractivity contribution in [3.8, 4) is 6.07 Å². The first-order chi connectivity index (χ1) is 8.98. The van der Waals surface area contributed by atoms with Gasteiger partial charge in [0.1, 0.15) is 5.56 Å². The number of halogens is 6. The summed E-state index contributed by atoms with van der Waals surface area (Å²) in [5, 5.41) is 18.8. The fourth-order valence-electron chi connectivity index (χ4n) is 1.51. The van der Waals surface area contributed by atoms with Crippen molar-refractivity contribution < 1.29 is 31.3 Å². The van der Waals surface area contributed by atoms with Crippen LogP contribution in [0.4, 0.5) is 32.0 Å². The highest BCUT2D eigenvalue weighted by molar-refractivity contribution is 5.50.